The molecule has 1 unspecified atom stereocenters. The van der Waals surface area contributed by atoms with Crippen molar-refractivity contribution in [3.63, 3.8) is 0 Å². The second-order valence-corrected chi connectivity index (χ2v) is 4.55. The maximum Gasteiger partial charge on any atom is 0.267 e. The molecule has 0 spiro atoms. The molecule has 1 aliphatic rings. The summed E-state index contributed by atoms with van der Waals surface area (Å²) in [6, 6.07) is 0. The molecule has 1 fully saturated rings. The third kappa shape index (κ3) is 3.66. The summed E-state index contributed by atoms with van der Waals surface area (Å²) in [5.41, 5.74) is -1.98. The Morgan fingerprint density at radius 1 is 1.47 bits per heavy atom. The van der Waals surface area contributed by atoms with Crippen LogP contribution in [0.4, 0.5) is 8.78 Å². The number of nitrogens with one attached hydrogen (secondary N) is 1. The third-order valence-corrected chi connectivity index (χ3v) is 2.98. The first-order chi connectivity index (χ1) is 6.93. The highest BCUT2D eigenvalue weighted by Crippen LogP contribution is 2.24. The molecule has 3 atom stereocenters. The summed E-state index contributed by atoms with van der Waals surface area (Å²) in [5, 5.41) is 21.5. The quantitative estimate of drug-likeness (QED) is 0.644. The van der Waals surface area contributed by atoms with Crippen LogP contribution in [0.2, 0.25) is 0 Å². The number of aliphatic hydroxyl groups is 2. The second-order valence-electron chi connectivity index (χ2n) is 4.55. The van der Waals surface area contributed by atoms with Crippen molar-refractivity contribution in [2.24, 2.45) is 5.92 Å². The van der Waals surface area contributed by atoms with E-state index in [1.165, 1.54) is 0 Å². The SMILES string of the molecule is CC(O)(CNC[C@@H]1CCC[C@H]1O)C(F)F. The first-order valence-electron chi connectivity index (χ1n) is 5.33. The summed E-state index contributed by atoms with van der Waals surface area (Å²) in [6.45, 7) is 1.45. The van der Waals surface area contributed by atoms with E-state index in [1.54, 1.807) is 0 Å². The summed E-state index contributed by atoms with van der Waals surface area (Å²) in [7, 11) is 0. The van der Waals surface area contributed by atoms with E-state index in [2.05, 4.69) is 5.32 Å². The van der Waals surface area contributed by atoms with Crippen LogP contribution in [0.3, 0.4) is 0 Å². The number of hydrogen-bond acceptors (Lipinski definition) is 3. The lowest BCUT2D eigenvalue weighted by Crippen LogP contribution is -2.45. The highest BCUT2D eigenvalue weighted by molar-refractivity contribution is 4.82. The van der Waals surface area contributed by atoms with Gasteiger partial charge in [0.1, 0.15) is 5.60 Å². The van der Waals surface area contributed by atoms with Gasteiger partial charge >= 0.3 is 0 Å². The average molecular weight is 223 g/mol. The first kappa shape index (κ1) is 12.8. The number of rotatable bonds is 5. The molecule has 3 N–H and O–H groups in total. The largest absolute Gasteiger partial charge is 0.393 e. The minimum absolute atomic E-state index is 0.137. The summed E-state index contributed by atoms with van der Waals surface area (Å²) >= 11 is 0. The van der Waals surface area contributed by atoms with Gasteiger partial charge in [0.15, 0.2) is 0 Å². The van der Waals surface area contributed by atoms with Crippen molar-refractivity contribution in [2.75, 3.05) is 13.1 Å². The van der Waals surface area contributed by atoms with Gasteiger partial charge in [-0.3, -0.25) is 0 Å². The molecule has 1 saturated carbocycles. The van der Waals surface area contributed by atoms with Gasteiger partial charge < -0.3 is 15.5 Å². The van der Waals surface area contributed by atoms with Gasteiger partial charge in [-0.05, 0) is 25.7 Å². The molecule has 0 aromatic heterocycles. The number of halogens is 2. The maximum absolute atomic E-state index is 12.3. The van der Waals surface area contributed by atoms with Crippen LogP contribution in [0.15, 0.2) is 0 Å². The van der Waals surface area contributed by atoms with Gasteiger partial charge in [0, 0.05) is 13.1 Å². The van der Waals surface area contributed by atoms with Crippen LogP contribution in [0.5, 0.6) is 0 Å². The van der Waals surface area contributed by atoms with Crippen LogP contribution in [-0.4, -0.2) is 41.4 Å². The Kier molecular flexibility index (Phi) is 4.43. The van der Waals surface area contributed by atoms with Gasteiger partial charge in [-0.2, -0.15) is 0 Å². The lowest BCUT2D eigenvalue weighted by atomic mass is 10.0. The normalized spacial score (nSPS) is 30.8. The molecule has 5 heteroatoms. The Labute approximate surface area is 88.5 Å². The Hall–Kier alpha value is -0.260. The fraction of sp³-hybridized carbons (Fsp3) is 1.00. The van der Waals surface area contributed by atoms with Crippen molar-refractivity contribution in [3.05, 3.63) is 0 Å². The molecule has 1 rings (SSSR count). The fourth-order valence-corrected chi connectivity index (χ4v) is 1.84. The Morgan fingerprint density at radius 2 is 2.13 bits per heavy atom. The Balaban J connectivity index is 2.21. The third-order valence-electron chi connectivity index (χ3n) is 2.98. The van der Waals surface area contributed by atoms with Crippen molar-refractivity contribution in [1.82, 2.24) is 5.32 Å². The van der Waals surface area contributed by atoms with Crippen LogP contribution in [-0.2, 0) is 0 Å². The van der Waals surface area contributed by atoms with Crippen LogP contribution in [0, 0.1) is 5.92 Å². The minimum atomic E-state index is -2.75. The van der Waals surface area contributed by atoms with Gasteiger partial charge in [-0.1, -0.05) is 6.42 Å². The molecular formula is C10H19F2NO2. The van der Waals surface area contributed by atoms with Gasteiger partial charge in [-0.25, -0.2) is 8.78 Å². The molecule has 0 aromatic carbocycles. The molecule has 3 nitrogen and oxygen atoms in total. The molecule has 0 bridgehead atoms. The standard InChI is InChI=1S/C10H19F2NO2/c1-10(15,9(11)12)6-13-5-7-3-2-4-8(7)14/h7-9,13-15H,2-6H2,1H3/t7-,8+,10?/m0/s1. The number of aliphatic hydroxyl groups excluding tert-OH is 1. The van der Waals surface area contributed by atoms with Crippen molar-refractivity contribution in [2.45, 2.75) is 44.3 Å². The van der Waals surface area contributed by atoms with Crippen molar-refractivity contribution in [3.8, 4) is 0 Å². The maximum atomic E-state index is 12.3. The van der Waals surface area contributed by atoms with Gasteiger partial charge in [0.05, 0.1) is 6.10 Å². The van der Waals surface area contributed by atoms with E-state index < -0.39 is 12.0 Å². The molecule has 1 aliphatic carbocycles. The van der Waals surface area contributed by atoms with E-state index in [4.69, 9.17) is 0 Å². The molecule has 90 valence electrons. The molecule has 0 aromatic rings. The van der Waals surface area contributed by atoms with Crippen LogP contribution in [0.25, 0.3) is 0 Å². The summed E-state index contributed by atoms with van der Waals surface area (Å²) < 4.78 is 24.5. The highest BCUT2D eigenvalue weighted by Gasteiger charge is 2.32. The predicted molar refractivity (Wildman–Crippen MR) is 52.8 cm³/mol. The van der Waals surface area contributed by atoms with Crippen molar-refractivity contribution < 1.29 is 19.0 Å². The summed E-state index contributed by atoms with van der Waals surface area (Å²) in [5.74, 6) is 0.137. The topological polar surface area (TPSA) is 52.5 Å². The van der Waals surface area contributed by atoms with E-state index in [9.17, 15) is 19.0 Å². The van der Waals surface area contributed by atoms with Crippen molar-refractivity contribution >= 4 is 0 Å². The lowest BCUT2D eigenvalue weighted by molar-refractivity contribution is -0.0813. The first-order valence-corrected chi connectivity index (χ1v) is 5.33. The zero-order valence-electron chi connectivity index (χ0n) is 8.92. The van der Waals surface area contributed by atoms with E-state index in [1.807, 2.05) is 0 Å². The molecule has 0 aliphatic heterocycles. The predicted octanol–water partition coefficient (Wildman–Crippen LogP) is 0.753. The summed E-state index contributed by atoms with van der Waals surface area (Å²) in [6.07, 6.45) is -0.381. The van der Waals surface area contributed by atoms with E-state index in [0.29, 0.717) is 6.54 Å². The molecule has 0 amide bonds. The molecule has 15 heavy (non-hydrogen) atoms. The van der Waals surface area contributed by atoms with Crippen LogP contribution >= 0.6 is 0 Å². The van der Waals surface area contributed by atoms with E-state index in [0.717, 1.165) is 26.2 Å². The number of alkyl halides is 2. The molecule has 0 saturated heterocycles. The highest BCUT2D eigenvalue weighted by atomic mass is 19.3. The fourth-order valence-electron chi connectivity index (χ4n) is 1.84. The van der Waals surface area contributed by atoms with Crippen LogP contribution < -0.4 is 5.32 Å². The monoisotopic (exact) mass is 223 g/mol. The zero-order valence-corrected chi connectivity index (χ0v) is 8.92. The van der Waals surface area contributed by atoms with Gasteiger partial charge in [0.25, 0.3) is 6.43 Å². The zero-order chi connectivity index (χ0) is 11.5. The Morgan fingerprint density at radius 3 is 2.60 bits per heavy atom. The van der Waals surface area contributed by atoms with Gasteiger partial charge in [-0.15, -0.1) is 0 Å². The molecule has 0 heterocycles. The van der Waals surface area contributed by atoms with Gasteiger partial charge in [0.2, 0.25) is 0 Å². The van der Waals surface area contributed by atoms with E-state index in [-0.39, 0.29) is 18.6 Å². The lowest BCUT2D eigenvalue weighted by Gasteiger charge is -2.24. The molecular weight excluding hydrogens is 204 g/mol. The smallest absolute Gasteiger partial charge is 0.267 e. The molecule has 0 radical (unpaired) electrons. The average Bonchev–Trinajstić information content (AvgIpc) is 2.51. The van der Waals surface area contributed by atoms with Crippen LogP contribution in [0.1, 0.15) is 26.2 Å². The van der Waals surface area contributed by atoms with Crippen molar-refractivity contribution in [1.29, 1.82) is 0 Å². The Bertz CT molecular complexity index is 200. The summed E-state index contributed by atoms with van der Waals surface area (Å²) in [4.78, 5) is 0. The number of hydrogen-bond donors (Lipinski definition) is 3. The minimum Gasteiger partial charge on any atom is -0.393 e. The van der Waals surface area contributed by atoms with E-state index >= 15 is 0 Å². The second kappa shape index (κ2) is 5.18.